The van der Waals surface area contributed by atoms with E-state index in [1.807, 2.05) is 0 Å². The molecule has 2 rings (SSSR count). The molecule has 0 saturated heterocycles. The Bertz CT molecular complexity index is 589. The number of rotatable bonds is 6. The Balaban J connectivity index is 2.30. The van der Waals surface area contributed by atoms with Gasteiger partial charge >= 0.3 is 5.97 Å². The zero-order valence-corrected chi connectivity index (χ0v) is 12.7. The van der Waals surface area contributed by atoms with Crippen molar-refractivity contribution in [2.75, 3.05) is 6.61 Å². The number of hydrogen-bond acceptors (Lipinski definition) is 5. The summed E-state index contributed by atoms with van der Waals surface area (Å²) in [6.07, 6.45) is 0.840. The molecular formula is C16H18FNO5. The lowest BCUT2D eigenvalue weighted by molar-refractivity contribution is -0.532. The zero-order chi connectivity index (χ0) is 17.0. The van der Waals surface area contributed by atoms with Crippen LogP contribution in [0.3, 0.4) is 0 Å². The highest BCUT2D eigenvalue weighted by molar-refractivity contribution is 5.70. The van der Waals surface area contributed by atoms with Gasteiger partial charge in [-0.25, -0.2) is 4.39 Å². The monoisotopic (exact) mass is 323 g/mol. The molecule has 0 N–H and O–H groups in total. The van der Waals surface area contributed by atoms with Gasteiger partial charge < -0.3 is 9.53 Å². The molecule has 124 valence electrons. The van der Waals surface area contributed by atoms with Gasteiger partial charge in [0, 0.05) is 16.8 Å². The van der Waals surface area contributed by atoms with Gasteiger partial charge in [0.25, 0.3) is 0 Å². The van der Waals surface area contributed by atoms with Crippen LogP contribution in [0.1, 0.15) is 31.2 Å². The lowest BCUT2D eigenvalue weighted by Gasteiger charge is -2.19. The van der Waals surface area contributed by atoms with E-state index in [2.05, 4.69) is 0 Å². The standard InChI is InChI=1S/C16H18FNO5/c1-2-23-14(20)8-11-7-12(9-19)15(16(11)18(21)22)10-3-5-13(17)6-4-10/h3-6,9,11-12,15-16H,2,7-8H2,1H3/t11-,12+,15+,16+/m1/s1. The van der Waals surface area contributed by atoms with E-state index in [0.717, 1.165) is 0 Å². The summed E-state index contributed by atoms with van der Waals surface area (Å²) in [6, 6.07) is 4.28. The molecule has 7 heteroatoms. The third-order valence-electron chi connectivity index (χ3n) is 4.29. The van der Waals surface area contributed by atoms with E-state index in [0.29, 0.717) is 11.8 Å². The van der Waals surface area contributed by atoms with Crippen molar-refractivity contribution in [1.82, 2.24) is 0 Å². The first-order chi connectivity index (χ1) is 11.0. The van der Waals surface area contributed by atoms with Crippen molar-refractivity contribution in [2.24, 2.45) is 11.8 Å². The minimum atomic E-state index is -1.07. The molecule has 0 aliphatic heterocycles. The van der Waals surface area contributed by atoms with Gasteiger partial charge in [0.15, 0.2) is 0 Å². The molecule has 0 amide bonds. The second-order valence-corrected chi connectivity index (χ2v) is 5.66. The fraction of sp³-hybridized carbons (Fsp3) is 0.500. The Morgan fingerprint density at radius 3 is 2.61 bits per heavy atom. The molecule has 1 aromatic rings. The van der Waals surface area contributed by atoms with E-state index in [-0.39, 0.29) is 19.4 Å². The average molecular weight is 323 g/mol. The van der Waals surface area contributed by atoms with Crippen LogP contribution in [-0.2, 0) is 14.3 Å². The van der Waals surface area contributed by atoms with Crippen LogP contribution in [0.5, 0.6) is 0 Å². The Hall–Kier alpha value is -2.31. The number of halogens is 1. The summed E-state index contributed by atoms with van der Waals surface area (Å²) in [5.41, 5.74) is 0.538. The highest BCUT2D eigenvalue weighted by atomic mass is 19.1. The maximum absolute atomic E-state index is 13.1. The molecule has 0 radical (unpaired) electrons. The van der Waals surface area contributed by atoms with Crippen molar-refractivity contribution in [3.8, 4) is 0 Å². The van der Waals surface area contributed by atoms with Crippen molar-refractivity contribution in [2.45, 2.75) is 31.7 Å². The minimum absolute atomic E-state index is 0.0957. The van der Waals surface area contributed by atoms with Crippen molar-refractivity contribution >= 4 is 12.3 Å². The van der Waals surface area contributed by atoms with Crippen molar-refractivity contribution in [1.29, 1.82) is 0 Å². The fourth-order valence-electron chi connectivity index (χ4n) is 3.39. The predicted molar refractivity (Wildman–Crippen MR) is 78.8 cm³/mol. The Kier molecular flexibility index (Phi) is 5.41. The largest absolute Gasteiger partial charge is 0.466 e. The van der Waals surface area contributed by atoms with Crippen LogP contribution >= 0.6 is 0 Å². The molecule has 1 aliphatic carbocycles. The number of esters is 1. The molecule has 0 bridgehead atoms. The van der Waals surface area contributed by atoms with Crippen LogP contribution in [0.25, 0.3) is 0 Å². The molecule has 0 aromatic heterocycles. The van der Waals surface area contributed by atoms with Gasteiger partial charge in [-0.15, -0.1) is 0 Å². The van der Waals surface area contributed by atoms with Gasteiger partial charge in [0.05, 0.1) is 18.9 Å². The number of ether oxygens (including phenoxy) is 1. The summed E-state index contributed by atoms with van der Waals surface area (Å²) in [6.45, 7) is 1.86. The summed E-state index contributed by atoms with van der Waals surface area (Å²) in [4.78, 5) is 34.1. The number of nitro groups is 1. The van der Waals surface area contributed by atoms with Crippen molar-refractivity contribution < 1.29 is 23.6 Å². The number of benzene rings is 1. The predicted octanol–water partition coefficient (Wildman–Crippen LogP) is 2.34. The SMILES string of the molecule is CCOC(=O)C[C@H]1C[C@@H](C=O)[C@H](c2ccc(F)cc2)[C@H]1[N+](=O)[O-]. The van der Waals surface area contributed by atoms with Gasteiger partial charge in [-0.1, -0.05) is 12.1 Å². The molecule has 0 heterocycles. The third-order valence-corrected chi connectivity index (χ3v) is 4.29. The van der Waals surface area contributed by atoms with Crippen LogP contribution in [0.15, 0.2) is 24.3 Å². The maximum atomic E-state index is 13.1. The van der Waals surface area contributed by atoms with Crippen molar-refractivity contribution in [3.63, 3.8) is 0 Å². The number of hydrogen-bond donors (Lipinski definition) is 0. The molecule has 1 aromatic carbocycles. The summed E-state index contributed by atoms with van der Waals surface area (Å²) >= 11 is 0. The van der Waals surface area contributed by atoms with Crippen LogP contribution in [0.2, 0.25) is 0 Å². The molecule has 1 aliphatic rings. The van der Waals surface area contributed by atoms with Gasteiger partial charge in [0.2, 0.25) is 6.04 Å². The van der Waals surface area contributed by atoms with E-state index in [4.69, 9.17) is 4.74 Å². The normalized spacial score (nSPS) is 26.7. The maximum Gasteiger partial charge on any atom is 0.306 e. The third kappa shape index (κ3) is 3.72. The molecular weight excluding hydrogens is 305 g/mol. The summed E-state index contributed by atoms with van der Waals surface area (Å²) in [5, 5.41) is 11.5. The Morgan fingerprint density at radius 2 is 2.09 bits per heavy atom. The van der Waals surface area contributed by atoms with Gasteiger partial charge in [-0.3, -0.25) is 14.9 Å². The lowest BCUT2D eigenvalue weighted by Crippen LogP contribution is -2.32. The Labute approximate surface area is 132 Å². The smallest absolute Gasteiger partial charge is 0.306 e. The second-order valence-electron chi connectivity index (χ2n) is 5.66. The molecule has 1 saturated carbocycles. The van der Waals surface area contributed by atoms with Gasteiger partial charge in [-0.2, -0.15) is 0 Å². The topological polar surface area (TPSA) is 86.5 Å². The summed E-state index contributed by atoms with van der Waals surface area (Å²) in [5.74, 6) is -2.77. The van der Waals surface area contributed by atoms with E-state index in [1.165, 1.54) is 24.3 Å². The van der Waals surface area contributed by atoms with Crippen LogP contribution < -0.4 is 0 Å². The molecule has 6 nitrogen and oxygen atoms in total. The molecule has 23 heavy (non-hydrogen) atoms. The summed E-state index contributed by atoms with van der Waals surface area (Å²) < 4.78 is 17.9. The first-order valence-electron chi connectivity index (χ1n) is 7.47. The van der Waals surface area contributed by atoms with Crippen LogP contribution in [-0.4, -0.2) is 29.8 Å². The quantitative estimate of drug-likeness (QED) is 0.347. The molecule has 0 unspecified atom stereocenters. The molecule has 4 atom stereocenters. The number of carbonyl (C=O) groups is 2. The van der Waals surface area contributed by atoms with E-state index >= 15 is 0 Å². The zero-order valence-electron chi connectivity index (χ0n) is 12.7. The number of aldehydes is 1. The van der Waals surface area contributed by atoms with Gasteiger partial charge in [-0.05, 0) is 31.0 Å². The van der Waals surface area contributed by atoms with Crippen LogP contribution in [0, 0.1) is 27.8 Å². The fourth-order valence-corrected chi connectivity index (χ4v) is 3.39. The first-order valence-corrected chi connectivity index (χ1v) is 7.47. The number of carbonyl (C=O) groups excluding carboxylic acids is 2. The van der Waals surface area contributed by atoms with Gasteiger partial charge in [0.1, 0.15) is 12.1 Å². The Morgan fingerprint density at radius 1 is 1.43 bits per heavy atom. The molecule has 1 fully saturated rings. The highest BCUT2D eigenvalue weighted by Crippen LogP contribution is 2.45. The first kappa shape index (κ1) is 17.1. The number of nitrogens with zero attached hydrogens (tertiary/aromatic N) is 1. The van der Waals surface area contributed by atoms with E-state index in [1.54, 1.807) is 6.92 Å². The van der Waals surface area contributed by atoms with E-state index < -0.39 is 40.5 Å². The van der Waals surface area contributed by atoms with Crippen LogP contribution in [0.4, 0.5) is 4.39 Å². The minimum Gasteiger partial charge on any atom is -0.466 e. The van der Waals surface area contributed by atoms with E-state index in [9.17, 15) is 24.1 Å². The van der Waals surface area contributed by atoms with Crippen molar-refractivity contribution in [3.05, 3.63) is 45.8 Å². The highest BCUT2D eigenvalue weighted by Gasteiger charge is 2.52. The second kappa shape index (κ2) is 7.30. The summed E-state index contributed by atoms with van der Waals surface area (Å²) in [7, 11) is 0. The lowest BCUT2D eigenvalue weighted by atomic mass is 9.86. The average Bonchev–Trinajstić information content (AvgIpc) is 2.86. The molecule has 0 spiro atoms.